The molecule has 2 aliphatic carbocycles. The van der Waals surface area contributed by atoms with Crippen molar-refractivity contribution in [2.24, 2.45) is 11.7 Å². The Hall–Kier alpha value is -1.40. The van der Waals surface area contributed by atoms with Crippen LogP contribution in [0.4, 0.5) is 0 Å². The molecule has 1 heterocycles. The normalized spacial score (nSPS) is 22.7. The van der Waals surface area contributed by atoms with Gasteiger partial charge in [0.2, 0.25) is 5.91 Å². The van der Waals surface area contributed by atoms with Gasteiger partial charge in [-0.2, -0.15) is 5.10 Å². The van der Waals surface area contributed by atoms with Gasteiger partial charge >= 0.3 is 0 Å². The Morgan fingerprint density at radius 1 is 1.52 bits per heavy atom. The van der Waals surface area contributed by atoms with Gasteiger partial charge in [0.25, 0.3) is 0 Å². The van der Waals surface area contributed by atoms with Crippen LogP contribution in [0.15, 0.2) is 6.20 Å². The summed E-state index contributed by atoms with van der Waals surface area (Å²) >= 11 is 0. The Morgan fingerprint density at radius 3 is 3.05 bits per heavy atom. The maximum Gasteiger partial charge on any atom is 0.222 e. The SMILES string of the molecule is NC(CC(=O)NC1CCCc2c1cnn2CCO)C1CC1. The number of nitrogens with two attached hydrogens (primary N) is 1. The van der Waals surface area contributed by atoms with E-state index in [2.05, 4.69) is 10.4 Å². The minimum atomic E-state index is 0.00479. The summed E-state index contributed by atoms with van der Waals surface area (Å²) in [4.78, 5) is 12.1. The van der Waals surface area contributed by atoms with E-state index in [0.29, 0.717) is 18.9 Å². The predicted octanol–water partition coefficient (Wildman–Crippen LogP) is 0.496. The topological polar surface area (TPSA) is 93.2 Å². The van der Waals surface area contributed by atoms with Gasteiger partial charge in [-0.3, -0.25) is 9.48 Å². The first-order valence-electron chi connectivity index (χ1n) is 7.89. The van der Waals surface area contributed by atoms with Gasteiger partial charge in [0.05, 0.1) is 25.4 Å². The molecule has 0 radical (unpaired) electrons. The number of hydrogen-bond acceptors (Lipinski definition) is 4. The highest BCUT2D eigenvalue weighted by Crippen LogP contribution is 2.33. The number of nitrogens with one attached hydrogen (secondary N) is 1. The summed E-state index contributed by atoms with van der Waals surface area (Å²) in [6, 6.07) is 0.0465. The lowest BCUT2D eigenvalue weighted by molar-refractivity contribution is -0.122. The van der Waals surface area contributed by atoms with Gasteiger partial charge in [-0.25, -0.2) is 0 Å². The summed E-state index contributed by atoms with van der Waals surface area (Å²) < 4.78 is 1.85. The lowest BCUT2D eigenvalue weighted by atomic mass is 9.92. The number of aliphatic hydroxyl groups is 1. The van der Waals surface area contributed by atoms with E-state index in [1.54, 1.807) is 0 Å². The van der Waals surface area contributed by atoms with Crippen LogP contribution in [0.5, 0.6) is 0 Å². The van der Waals surface area contributed by atoms with E-state index >= 15 is 0 Å². The second-order valence-electron chi connectivity index (χ2n) is 6.21. The molecule has 1 aromatic heterocycles. The van der Waals surface area contributed by atoms with Crippen molar-refractivity contribution >= 4 is 5.91 Å². The summed E-state index contributed by atoms with van der Waals surface area (Å²) in [5.41, 5.74) is 8.26. The van der Waals surface area contributed by atoms with Crippen LogP contribution in [-0.4, -0.2) is 33.4 Å². The van der Waals surface area contributed by atoms with E-state index < -0.39 is 0 Å². The molecule has 1 aromatic rings. The molecule has 2 aliphatic rings. The van der Waals surface area contributed by atoms with Gasteiger partial charge in [0.15, 0.2) is 0 Å². The lowest BCUT2D eigenvalue weighted by Crippen LogP contribution is -2.36. The fourth-order valence-corrected chi connectivity index (χ4v) is 3.21. The maximum absolute atomic E-state index is 12.1. The van der Waals surface area contributed by atoms with E-state index in [9.17, 15) is 4.79 Å². The second kappa shape index (κ2) is 6.15. The summed E-state index contributed by atoms with van der Waals surface area (Å²) in [6.07, 6.45) is 7.51. The molecular weight excluding hydrogens is 268 g/mol. The molecule has 0 saturated heterocycles. The van der Waals surface area contributed by atoms with Gasteiger partial charge in [-0.05, 0) is 38.0 Å². The molecule has 4 N–H and O–H groups in total. The van der Waals surface area contributed by atoms with E-state index in [-0.39, 0.29) is 24.6 Å². The first-order valence-corrected chi connectivity index (χ1v) is 7.89. The molecule has 116 valence electrons. The molecule has 1 amide bonds. The average Bonchev–Trinajstić information content (AvgIpc) is 3.23. The van der Waals surface area contributed by atoms with Crippen LogP contribution in [0, 0.1) is 5.92 Å². The molecule has 21 heavy (non-hydrogen) atoms. The van der Waals surface area contributed by atoms with Crippen LogP contribution in [0.3, 0.4) is 0 Å². The minimum absolute atomic E-state index is 0.00479. The molecule has 6 heteroatoms. The fourth-order valence-electron chi connectivity index (χ4n) is 3.21. The van der Waals surface area contributed by atoms with Crippen molar-refractivity contribution in [2.75, 3.05) is 6.61 Å². The van der Waals surface area contributed by atoms with Crippen molar-refractivity contribution in [1.29, 1.82) is 0 Å². The van der Waals surface area contributed by atoms with E-state index in [4.69, 9.17) is 10.8 Å². The minimum Gasteiger partial charge on any atom is -0.394 e. The molecular formula is C15H24N4O2. The Morgan fingerprint density at radius 2 is 2.33 bits per heavy atom. The molecule has 0 spiro atoms. The van der Waals surface area contributed by atoms with Gasteiger partial charge in [-0.15, -0.1) is 0 Å². The highest BCUT2D eigenvalue weighted by atomic mass is 16.3. The summed E-state index contributed by atoms with van der Waals surface area (Å²) in [7, 11) is 0. The van der Waals surface area contributed by atoms with Gasteiger partial charge < -0.3 is 16.2 Å². The standard InChI is InChI=1S/C15H24N4O2/c16-12(10-4-5-10)8-15(21)18-13-2-1-3-14-11(13)9-17-19(14)6-7-20/h9-10,12-13,20H,1-8,16H2,(H,18,21). The zero-order chi connectivity index (χ0) is 14.8. The van der Waals surface area contributed by atoms with Gasteiger partial charge in [0.1, 0.15) is 0 Å². The Bertz CT molecular complexity index is 510. The van der Waals surface area contributed by atoms with Crippen LogP contribution < -0.4 is 11.1 Å². The van der Waals surface area contributed by atoms with Crippen LogP contribution in [0.2, 0.25) is 0 Å². The lowest BCUT2D eigenvalue weighted by Gasteiger charge is -2.24. The van der Waals surface area contributed by atoms with Crippen LogP contribution >= 0.6 is 0 Å². The number of fused-ring (bicyclic) bond motifs is 1. The number of carbonyl (C=O) groups is 1. The molecule has 3 rings (SSSR count). The van der Waals surface area contributed by atoms with E-state index in [0.717, 1.165) is 43.4 Å². The summed E-state index contributed by atoms with van der Waals surface area (Å²) in [5.74, 6) is 0.590. The number of aromatic nitrogens is 2. The van der Waals surface area contributed by atoms with Crippen LogP contribution in [0.1, 0.15) is 49.4 Å². The van der Waals surface area contributed by atoms with Crippen LogP contribution in [0.25, 0.3) is 0 Å². The third-order valence-electron chi connectivity index (χ3n) is 4.56. The fraction of sp³-hybridized carbons (Fsp3) is 0.733. The highest BCUT2D eigenvalue weighted by molar-refractivity contribution is 5.77. The van der Waals surface area contributed by atoms with E-state index in [1.807, 2.05) is 10.9 Å². The Kier molecular flexibility index (Phi) is 4.26. The smallest absolute Gasteiger partial charge is 0.222 e. The molecule has 2 atom stereocenters. The molecule has 2 unspecified atom stereocenters. The quantitative estimate of drug-likeness (QED) is 0.711. The summed E-state index contributed by atoms with van der Waals surface area (Å²) in [5, 5.41) is 16.5. The van der Waals surface area contributed by atoms with Crippen molar-refractivity contribution in [2.45, 2.75) is 57.2 Å². The van der Waals surface area contributed by atoms with Crippen molar-refractivity contribution in [3.8, 4) is 0 Å². The van der Waals surface area contributed by atoms with Crippen LogP contribution in [-0.2, 0) is 17.8 Å². The van der Waals surface area contributed by atoms with Crippen molar-refractivity contribution in [3.63, 3.8) is 0 Å². The molecule has 1 fully saturated rings. The average molecular weight is 292 g/mol. The first-order chi connectivity index (χ1) is 10.2. The third-order valence-corrected chi connectivity index (χ3v) is 4.56. The zero-order valence-corrected chi connectivity index (χ0v) is 12.3. The first kappa shape index (κ1) is 14.5. The Balaban J connectivity index is 1.63. The number of carbonyl (C=O) groups excluding carboxylic acids is 1. The molecule has 0 aromatic carbocycles. The van der Waals surface area contributed by atoms with Crippen molar-refractivity contribution in [3.05, 3.63) is 17.5 Å². The van der Waals surface area contributed by atoms with Crippen molar-refractivity contribution < 1.29 is 9.90 Å². The number of aliphatic hydroxyl groups excluding tert-OH is 1. The van der Waals surface area contributed by atoms with E-state index in [1.165, 1.54) is 0 Å². The monoisotopic (exact) mass is 292 g/mol. The largest absolute Gasteiger partial charge is 0.394 e. The van der Waals surface area contributed by atoms with Crippen molar-refractivity contribution in [1.82, 2.24) is 15.1 Å². The number of rotatable bonds is 6. The molecule has 1 saturated carbocycles. The second-order valence-corrected chi connectivity index (χ2v) is 6.21. The predicted molar refractivity (Wildman–Crippen MR) is 78.5 cm³/mol. The maximum atomic E-state index is 12.1. The number of hydrogen-bond donors (Lipinski definition) is 3. The highest BCUT2D eigenvalue weighted by Gasteiger charge is 2.31. The molecule has 0 aliphatic heterocycles. The molecule has 6 nitrogen and oxygen atoms in total. The van der Waals surface area contributed by atoms with Gasteiger partial charge in [0, 0.05) is 23.7 Å². The third kappa shape index (κ3) is 3.27. The van der Waals surface area contributed by atoms with Gasteiger partial charge in [-0.1, -0.05) is 0 Å². The zero-order valence-electron chi connectivity index (χ0n) is 12.3. The number of amides is 1. The number of nitrogens with zero attached hydrogens (tertiary/aromatic N) is 2. The molecule has 0 bridgehead atoms. The summed E-state index contributed by atoms with van der Waals surface area (Å²) in [6.45, 7) is 0.601. The Labute approximate surface area is 124 Å².